The summed E-state index contributed by atoms with van der Waals surface area (Å²) in [6, 6.07) is 14.4. The number of urea groups is 1. The van der Waals surface area contributed by atoms with E-state index in [0.717, 1.165) is 16.9 Å². The van der Waals surface area contributed by atoms with E-state index in [1.165, 1.54) is 0 Å². The van der Waals surface area contributed by atoms with E-state index >= 15 is 0 Å². The highest BCUT2D eigenvalue weighted by Gasteiger charge is 2.31. The number of carbonyl (C=O) groups is 2. The predicted octanol–water partition coefficient (Wildman–Crippen LogP) is 1.74. The number of methoxy groups -OCH3 is 1. The molecule has 0 spiro atoms. The first-order chi connectivity index (χ1) is 14.9. The summed E-state index contributed by atoms with van der Waals surface area (Å²) in [5.41, 5.74) is 2.04. The van der Waals surface area contributed by atoms with Crippen molar-refractivity contribution in [3.63, 3.8) is 0 Å². The van der Waals surface area contributed by atoms with E-state index in [-0.39, 0.29) is 25.0 Å². The Bertz CT molecular complexity index is 885. The van der Waals surface area contributed by atoms with E-state index < -0.39 is 5.54 Å². The average Bonchev–Trinajstić information content (AvgIpc) is 2.79. The molecule has 8 nitrogen and oxygen atoms in total. The molecule has 0 saturated carbocycles. The number of benzene rings is 2. The normalized spacial score (nSPS) is 18.4. The molecule has 3 rings (SSSR count). The lowest BCUT2D eigenvalue weighted by molar-refractivity contribution is -0.133. The summed E-state index contributed by atoms with van der Waals surface area (Å²) in [7, 11) is 1.61. The van der Waals surface area contributed by atoms with Gasteiger partial charge in [-0.15, -0.1) is 0 Å². The van der Waals surface area contributed by atoms with Gasteiger partial charge in [0.05, 0.1) is 25.7 Å². The summed E-state index contributed by atoms with van der Waals surface area (Å²) in [5, 5.41) is 18.4. The molecule has 166 valence electrons. The highest BCUT2D eigenvalue weighted by Crippen LogP contribution is 2.15. The number of hydrogen-bond donors (Lipinski definition) is 4. The van der Waals surface area contributed by atoms with Crippen LogP contribution in [-0.4, -0.2) is 60.8 Å². The minimum atomic E-state index is -0.457. The number of piperazine rings is 1. The molecule has 0 aliphatic carbocycles. The van der Waals surface area contributed by atoms with Crippen LogP contribution in [0, 0.1) is 0 Å². The van der Waals surface area contributed by atoms with Gasteiger partial charge in [0.25, 0.3) is 0 Å². The molecule has 1 saturated heterocycles. The van der Waals surface area contributed by atoms with Gasteiger partial charge < -0.3 is 30.7 Å². The van der Waals surface area contributed by atoms with Crippen LogP contribution >= 0.6 is 0 Å². The number of ether oxygens (including phenoxy) is 1. The Morgan fingerprint density at radius 3 is 2.45 bits per heavy atom. The lowest BCUT2D eigenvalue weighted by atomic mass is 9.99. The zero-order chi connectivity index (χ0) is 22.3. The molecule has 1 heterocycles. The average molecular weight is 427 g/mol. The third kappa shape index (κ3) is 6.44. The number of nitrogens with one attached hydrogen (secondary N) is 3. The fourth-order valence-corrected chi connectivity index (χ4v) is 3.46. The minimum absolute atomic E-state index is 0.0162. The molecule has 2 aromatic carbocycles. The van der Waals surface area contributed by atoms with Crippen LogP contribution < -0.4 is 20.7 Å². The van der Waals surface area contributed by atoms with Gasteiger partial charge in [0.2, 0.25) is 5.91 Å². The number of nitrogens with zero attached hydrogens (tertiary/aromatic N) is 1. The van der Waals surface area contributed by atoms with Gasteiger partial charge in [0.15, 0.2) is 0 Å². The molecule has 4 N–H and O–H groups in total. The van der Waals surface area contributed by atoms with Crippen molar-refractivity contribution >= 4 is 17.6 Å². The first-order valence-electron chi connectivity index (χ1n) is 10.3. The molecule has 1 fully saturated rings. The molecule has 0 bridgehead atoms. The number of amides is 3. The maximum Gasteiger partial charge on any atom is 0.319 e. The first-order valence-corrected chi connectivity index (χ1v) is 10.3. The largest absolute Gasteiger partial charge is 0.497 e. The smallest absolute Gasteiger partial charge is 0.319 e. The third-order valence-corrected chi connectivity index (χ3v) is 5.35. The molecule has 1 unspecified atom stereocenters. The van der Waals surface area contributed by atoms with E-state index in [1.54, 1.807) is 24.1 Å². The zero-order valence-electron chi connectivity index (χ0n) is 18.0. The van der Waals surface area contributed by atoms with Crippen LogP contribution in [0.4, 0.5) is 10.5 Å². The summed E-state index contributed by atoms with van der Waals surface area (Å²) in [5.74, 6) is 0.797. The molecular weight excluding hydrogens is 396 g/mol. The lowest BCUT2D eigenvalue weighted by Gasteiger charge is -2.40. The number of anilines is 1. The quantitative estimate of drug-likeness (QED) is 0.540. The van der Waals surface area contributed by atoms with Gasteiger partial charge in [-0.25, -0.2) is 4.79 Å². The maximum atomic E-state index is 12.6. The molecular formula is C23H30N4O4. The number of aliphatic hydroxyl groups excluding tert-OH is 1. The molecule has 1 aliphatic heterocycles. The number of aliphatic hydroxyl groups is 1. The van der Waals surface area contributed by atoms with E-state index in [0.29, 0.717) is 31.9 Å². The van der Waals surface area contributed by atoms with Gasteiger partial charge >= 0.3 is 6.03 Å². The summed E-state index contributed by atoms with van der Waals surface area (Å²) >= 11 is 0. The van der Waals surface area contributed by atoms with Crippen molar-refractivity contribution in [1.82, 2.24) is 15.5 Å². The fraction of sp³-hybridized carbons (Fsp3) is 0.391. The van der Waals surface area contributed by atoms with Crippen LogP contribution in [0.25, 0.3) is 0 Å². The van der Waals surface area contributed by atoms with Crippen molar-refractivity contribution in [1.29, 1.82) is 0 Å². The van der Waals surface area contributed by atoms with Crippen molar-refractivity contribution in [2.45, 2.75) is 25.4 Å². The second kappa shape index (κ2) is 10.3. The molecule has 8 heteroatoms. The zero-order valence-corrected chi connectivity index (χ0v) is 18.0. The summed E-state index contributed by atoms with van der Waals surface area (Å²) in [6.45, 7) is 4.07. The van der Waals surface area contributed by atoms with E-state index in [4.69, 9.17) is 4.74 Å². The van der Waals surface area contributed by atoms with Gasteiger partial charge in [0, 0.05) is 31.9 Å². The Labute approximate surface area is 182 Å². The Hall–Kier alpha value is -3.10. The highest BCUT2D eigenvalue weighted by molar-refractivity contribution is 5.89. The summed E-state index contributed by atoms with van der Waals surface area (Å²) in [4.78, 5) is 26.5. The van der Waals surface area contributed by atoms with Crippen molar-refractivity contribution in [3.05, 3.63) is 59.7 Å². The Kier molecular flexibility index (Phi) is 7.49. The van der Waals surface area contributed by atoms with Gasteiger partial charge in [-0.3, -0.25) is 4.79 Å². The third-order valence-electron chi connectivity index (χ3n) is 5.35. The minimum Gasteiger partial charge on any atom is -0.497 e. The van der Waals surface area contributed by atoms with Gasteiger partial charge in [-0.05, 0) is 42.3 Å². The first kappa shape index (κ1) is 22.6. The van der Waals surface area contributed by atoms with Crippen LogP contribution in [0.3, 0.4) is 0 Å². The van der Waals surface area contributed by atoms with E-state index in [9.17, 15) is 14.7 Å². The topological polar surface area (TPSA) is 103 Å². The van der Waals surface area contributed by atoms with Gasteiger partial charge in [0.1, 0.15) is 5.75 Å². The molecule has 31 heavy (non-hydrogen) atoms. The molecule has 0 radical (unpaired) electrons. The van der Waals surface area contributed by atoms with Crippen LogP contribution in [-0.2, 0) is 17.8 Å². The second-order valence-electron chi connectivity index (χ2n) is 7.99. The number of hydrogen-bond acceptors (Lipinski definition) is 5. The molecule has 1 atom stereocenters. The lowest BCUT2D eigenvalue weighted by Crippen LogP contribution is -2.62. The van der Waals surface area contributed by atoms with E-state index in [1.807, 2.05) is 43.3 Å². The fourth-order valence-electron chi connectivity index (χ4n) is 3.46. The molecule has 1 aliphatic rings. The monoisotopic (exact) mass is 426 g/mol. The van der Waals surface area contributed by atoms with Crippen LogP contribution in [0.5, 0.6) is 5.75 Å². The maximum absolute atomic E-state index is 12.6. The Morgan fingerprint density at radius 2 is 1.81 bits per heavy atom. The SMILES string of the molecule is COc1ccc(CNC(=O)Nc2ccc(CC(=O)N3CCNC(C)(CO)C3)cc2)cc1. The predicted molar refractivity (Wildman–Crippen MR) is 119 cm³/mol. The van der Waals surface area contributed by atoms with Gasteiger partial charge in [-0.2, -0.15) is 0 Å². The number of carbonyl (C=O) groups excluding carboxylic acids is 2. The summed E-state index contributed by atoms with van der Waals surface area (Å²) < 4.78 is 5.12. The van der Waals surface area contributed by atoms with Crippen molar-refractivity contribution in [2.75, 3.05) is 38.7 Å². The summed E-state index contributed by atoms with van der Waals surface area (Å²) in [6.07, 6.45) is 0.283. The van der Waals surface area contributed by atoms with Crippen molar-refractivity contribution in [3.8, 4) is 5.75 Å². The second-order valence-corrected chi connectivity index (χ2v) is 7.99. The van der Waals surface area contributed by atoms with Crippen molar-refractivity contribution < 1.29 is 19.4 Å². The molecule has 0 aromatic heterocycles. The van der Waals surface area contributed by atoms with E-state index in [2.05, 4.69) is 16.0 Å². The van der Waals surface area contributed by atoms with Crippen LogP contribution in [0.15, 0.2) is 48.5 Å². The van der Waals surface area contributed by atoms with Crippen molar-refractivity contribution in [2.24, 2.45) is 0 Å². The van der Waals surface area contributed by atoms with Crippen LogP contribution in [0.1, 0.15) is 18.1 Å². The Balaban J connectivity index is 1.47. The number of rotatable bonds is 7. The molecule has 3 amide bonds. The van der Waals surface area contributed by atoms with Crippen LogP contribution in [0.2, 0.25) is 0 Å². The Morgan fingerprint density at radius 1 is 1.13 bits per heavy atom. The van der Waals surface area contributed by atoms with Gasteiger partial charge in [-0.1, -0.05) is 24.3 Å². The molecule has 2 aromatic rings. The highest BCUT2D eigenvalue weighted by atomic mass is 16.5. The standard InChI is InChI=1S/C23H30N4O4/c1-23(16-28)15-27(12-11-25-23)21(29)13-17-3-7-19(8-4-17)26-22(30)24-14-18-5-9-20(31-2)10-6-18/h3-10,25,28H,11-16H2,1-2H3,(H2,24,26,30).